The Bertz CT molecular complexity index is 879. The molecule has 3 heteroatoms. The summed E-state index contributed by atoms with van der Waals surface area (Å²) < 4.78 is 0. The fourth-order valence-corrected chi connectivity index (χ4v) is 3.74. The minimum absolute atomic E-state index is 0.332. The summed E-state index contributed by atoms with van der Waals surface area (Å²) in [6, 6.07) is 16.6. The number of aryl methyl sites for hydroxylation is 1. The molecule has 3 aromatic rings. The molecular weight excluding hydrogens is 308 g/mol. The topological polar surface area (TPSA) is 39.3 Å². The van der Waals surface area contributed by atoms with Gasteiger partial charge in [0.05, 0.1) is 5.52 Å². The normalized spacial score (nSPS) is 15.4. The van der Waals surface area contributed by atoms with Crippen LogP contribution in [0.4, 0.5) is 0 Å². The largest absolute Gasteiger partial charge is 0.506 e. The molecule has 0 unspecified atom stereocenters. The van der Waals surface area contributed by atoms with Crippen molar-refractivity contribution in [2.45, 2.75) is 19.3 Å². The summed E-state index contributed by atoms with van der Waals surface area (Å²) in [5.74, 6) is 0.332. The number of nitrogens with zero attached hydrogens (tertiary/aromatic N) is 1. The average Bonchev–Trinajstić information content (AvgIpc) is 3.16. The number of phenols is 1. The maximum atomic E-state index is 9.89. The molecule has 0 aliphatic carbocycles. The highest BCUT2D eigenvalue weighted by atomic mass is 16.3. The lowest BCUT2D eigenvalue weighted by Crippen LogP contribution is -2.29. The van der Waals surface area contributed by atoms with E-state index in [0.717, 1.165) is 49.8 Å². The Morgan fingerprint density at radius 1 is 1.04 bits per heavy atom. The third-order valence-corrected chi connectivity index (χ3v) is 5.15. The molecule has 0 saturated heterocycles. The van der Waals surface area contributed by atoms with Gasteiger partial charge in [0.25, 0.3) is 0 Å². The van der Waals surface area contributed by atoms with Gasteiger partial charge in [-0.2, -0.15) is 0 Å². The number of nitrogens with one attached hydrogen (secondary N) is 1. The average molecular weight is 332 g/mol. The molecule has 25 heavy (non-hydrogen) atoms. The van der Waals surface area contributed by atoms with Crippen molar-refractivity contribution in [2.24, 2.45) is 0 Å². The summed E-state index contributed by atoms with van der Waals surface area (Å²) in [5, 5.41) is 11.0. The quantitative estimate of drug-likeness (QED) is 0.717. The first-order chi connectivity index (χ1) is 12.3. The van der Waals surface area contributed by atoms with E-state index in [4.69, 9.17) is 0 Å². The Balaban J connectivity index is 1.33. The van der Waals surface area contributed by atoms with Crippen LogP contribution < -0.4 is 0 Å². The van der Waals surface area contributed by atoms with Gasteiger partial charge in [0, 0.05) is 24.7 Å². The Labute approximate surface area is 148 Å². The molecule has 0 saturated carbocycles. The number of H-pyrrole nitrogens is 1. The minimum Gasteiger partial charge on any atom is -0.506 e. The number of aromatic hydroxyl groups is 1. The fraction of sp³-hybridized carbons (Fsp3) is 0.273. The van der Waals surface area contributed by atoms with E-state index in [0.29, 0.717) is 5.75 Å². The van der Waals surface area contributed by atoms with Gasteiger partial charge in [-0.3, -0.25) is 4.90 Å². The molecule has 0 amide bonds. The lowest BCUT2D eigenvalue weighted by molar-refractivity contribution is 0.298. The van der Waals surface area contributed by atoms with Gasteiger partial charge in [-0.05, 0) is 54.6 Å². The van der Waals surface area contributed by atoms with Crippen LogP contribution in [0.15, 0.2) is 60.8 Å². The monoisotopic (exact) mass is 332 g/mol. The molecule has 3 nitrogen and oxygen atoms in total. The second-order valence-electron chi connectivity index (χ2n) is 6.76. The van der Waals surface area contributed by atoms with E-state index in [9.17, 15) is 5.11 Å². The van der Waals surface area contributed by atoms with Gasteiger partial charge < -0.3 is 10.1 Å². The van der Waals surface area contributed by atoms with E-state index < -0.39 is 0 Å². The summed E-state index contributed by atoms with van der Waals surface area (Å²) in [4.78, 5) is 5.65. The summed E-state index contributed by atoms with van der Waals surface area (Å²) in [6.07, 6.45) is 7.59. The third-order valence-electron chi connectivity index (χ3n) is 5.15. The molecule has 128 valence electrons. The molecule has 0 spiro atoms. The second kappa shape index (κ2) is 7.16. The van der Waals surface area contributed by atoms with E-state index in [-0.39, 0.29) is 0 Å². The van der Waals surface area contributed by atoms with Crippen molar-refractivity contribution < 1.29 is 5.11 Å². The van der Waals surface area contributed by atoms with Crippen molar-refractivity contribution in [3.05, 3.63) is 71.9 Å². The number of aromatic amines is 1. The van der Waals surface area contributed by atoms with Gasteiger partial charge in [0.1, 0.15) is 5.75 Å². The summed E-state index contributed by atoms with van der Waals surface area (Å²) >= 11 is 0. The maximum absolute atomic E-state index is 9.89. The molecule has 2 N–H and O–H groups in total. The number of aromatic nitrogens is 1. The van der Waals surface area contributed by atoms with Crippen LogP contribution in [0.25, 0.3) is 16.5 Å². The smallest absolute Gasteiger partial charge is 0.139 e. The number of hydrogen-bond acceptors (Lipinski definition) is 2. The molecule has 0 bridgehead atoms. The van der Waals surface area contributed by atoms with Gasteiger partial charge in [0.2, 0.25) is 0 Å². The minimum atomic E-state index is 0.332. The first-order valence-electron chi connectivity index (χ1n) is 9.06. The Morgan fingerprint density at radius 2 is 1.92 bits per heavy atom. The van der Waals surface area contributed by atoms with Crippen LogP contribution in [-0.4, -0.2) is 34.6 Å². The zero-order chi connectivity index (χ0) is 17.1. The molecule has 2 heterocycles. The maximum Gasteiger partial charge on any atom is 0.139 e. The molecule has 1 aromatic heterocycles. The van der Waals surface area contributed by atoms with Gasteiger partial charge in [0.15, 0.2) is 0 Å². The number of phenolic OH excluding ortho intramolecular Hbond substituents is 1. The van der Waals surface area contributed by atoms with Gasteiger partial charge in [-0.25, -0.2) is 0 Å². The second-order valence-corrected chi connectivity index (χ2v) is 6.76. The van der Waals surface area contributed by atoms with Crippen molar-refractivity contribution in [1.82, 2.24) is 9.88 Å². The van der Waals surface area contributed by atoms with Crippen molar-refractivity contribution in [1.29, 1.82) is 0 Å². The third kappa shape index (κ3) is 3.47. The first kappa shape index (κ1) is 16.0. The molecule has 1 aliphatic heterocycles. The molecule has 0 radical (unpaired) electrons. The highest BCUT2D eigenvalue weighted by Gasteiger charge is 2.13. The van der Waals surface area contributed by atoms with Crippen LogP contribution in [0.5, 0.6) is 5.75 Å². The fourth-order valence-electron chi connectivity index (χ4n) is 3.74. The van der Waals surface area contributed by atoms with Crippen molar-refractivity contribution in [3.63, 3.8) is 0 Å². The molecule has 4 rings (SSSR count). The van der Waals surface area contributed by atoms with Gasteiger partial charge in [-0.15, -0.1) is 0 Å². The van der Waals surface area contributed by atoms with Crippen LogP contribution in [0.1, 0.15) is 24.0 Å². The standard InChI is InChI=1S/C22H24N2O/c25-21-9-8-19(20-10-13-23-22(20)21)7-4-14-24-15-11-18(12-16-24)17-5-2-1-3-6-17/h1-3,5-6,8-11,13,23,25H,4,7,12,14-16H2. The van der Waals surface area contributed by atoms with Gasteiger partial charge >= 0.3 is 0 Å². The van der Waals surface area contributed by atoms with E-state index in [1.54, 1.807) is 6.07 Å². The SMILES string of the molecule is Oc1ccc(CCCN2CC=C(c3ccccc3)CC2)c2cc[nH]c12. The van der Waals surface area contributed by atoms with Gasteiger partial charge in [-0.1, -0.05) is 42.5 Å². The summed E-state index contributed by atoms with van der Waals surface area (Å²) in [5.41, 5.74) is 5.00. The van der Waals surface area contributed by atoms with E-state index in [2.05, 4.69) is 58.4 Å². The van der Waals surface area contributed by atoms with Crippen molar-refractivity contribution in [3.8, 4) is 5.75 Å². The van der Waals surface area contributed by atoms with Crippen LogP contribution >= 0.6 is 0 Å². The number of benzene rings is 2. The molecule has 1 aliphatic rings. The van der Waals surface area contributed by atoms with Crippen molar-refractivity contribution in [2.75, 3.05) is 19.6 Å². The Hall–Kier alpha value is -2.52. The number of fused-ring (bicyclic) bond motifs is 1. The summed E-state index contributed by atoms with van der Waals surface area (Å²) in [6.45, 7) is 3.29. The first-order valence-corrected chi connectivity index (χ1v) is 9.06. The zero-order valence-corrected chi connectivity index (χ0v) is 14.4. The van der Waals surface area contributed by atoms with Crippen LogP contribution in [0.3, 0.4) is 0 Å². The van der Waals surface area contributed by atoms with Crippen molar-refractivity contribution >= 4 is 16.5 Å². The lowest BCUT2D eigenvalue weighted by Gasteiger charge is -2.26. The Morgan fingerprint density at radius 3 is 2.72 bits per heavy atom. The highest BCUT2D eigenvalue weighted by Crippen LogP contribution is 2.27. The van der Waals surface area contributed by atoms with E-state index >= 15 is 0 Å². The van der Waals surface area contributed by atoms with E-state index in [1.165, 1.54) is 16.7 Å². The van der Waals surface area contributed by atoms with Crippen LogP contribution in [0.2, 0.25) is 0 Å². The predicted octanol–water partition coefficient (Wildman–Crippen LogP) is 4.60. The molecule has 2 aromatic carbocycles. The summed E-state index contributed by atoms with van der Waals surface area (Å²) in [7, 11) is 0. The highest BCUT2D eigenvalue weighted by molar-refractivity contribution is 5.88. The molecule has 0 fully saturated rings. The number of hydrogen-bond donors (Lipinski definition) is 2. The Kier molecular flexibility index (Phi) is 4.57. The molecular formula is C22H24N2O. The predicted molar refractivity (Wildman–Crippen MR) is 104 cm³/mol. The molecule has 0 atom stereocenters. The lowest BCUT2D eigenvalue weighted by atomic mass is 9.99. The zero-order valence-electron chi connectivity index (χ0n) is 14.4. The number of rotatable bonds is 5. The van der Waals surface area contributed by atoms with E-state index in [1.807, 2.05) is 6.20 Å². The van der Waals surface area contributed by atoms with Crippen LogP contribution in [-0.2, 0) is 6.42 Å². The van der Waals surface area contributed by atoms with Crippen LogP contribution in [0, 0.1) is 0 Å².